The summed E-state index contributed by atoms with van der Waals surface area (Å²) in [5, 5.41) is 0. The smallest absolute Gasteiger partial charge is 0.414 e. The van der Waals surface area contributed by atoms with Crippen LogP contribution in [0.3, 0.4) is 0 Å². The zero-order chi connectivity index (χ0) is 15.5. The highest BCUT2D eigenvalue weighted by atomic mass is 31.2. The Morgan fingerprint density at radius 1 is 0.609 bits per heavy atom. The predicted octanol–water partition coefficient (Wildman–Crippen LogP) is 4.81. The standard InChI is InChI=1S/C15H14O6P2/c1-2-7-13-12(6-1)18-22(19-13)16-10-5-11-17-23-20-14-8-3-4-9-15(14)21-23/h1-4,6-9H,5,10-11H2. The highest BCUT2D eigenvalue weighted by Gasteiger charge is 2.28. The van der Waals surface area contributed by atoms with Gasteiger partial charge in [-0.15, -0.1) is 0 Å². The lowest BCUT2D eigenvalue weighted by molar-refractivity contribution is 0.226. The molecule has 0 spiro atoms. The van der Waals surface area contributed by atoms with Crippen LogP contribution in [0.2, 0.25) is 0 Å². The quantitative estimate of drug-likeness (QED) is 0.550. The van der Waals surface area contributed by atoms with E-state index in [1.165, 1.54) is 0 Å². The molecule has 0 amide bonds. The minimum Gasteiger partial charge on any atom is -0.414 e. The fraction of sp³-hybridized carbons (Fsp3) is 0.200. The highest BCUT2D eigenvalue weighted by molar-refractivity contribution is 7.43. The van der Waals surface area contributed by atoms with Gasteiger partial charge in [0.1, 0.15) is 0 Å². The summed E-state index contributed by atoms with van der Waals surface area (Å²) in [4.78, 5) is 0. The van der Waals surface area contributed by atoms with E-state index < -0.39 is 17.2 Å². The Morgan fingerprint density at radius 2 is 0.957 bits per heavy atom. The molecule has 0 aromatic heterocycles. The number of hydrogen-bond acceptors (Lipinski definition) is 6. The van der Waals surface area contributed by atoms with Crippen LogP contribution in [-0.2, 0) is 9.05 Å². The van der Waals surface area contributed by atoms with E-state index in [2.05, 4.69) is 0 Å². The highest BCUT2D eigenvalue weighted by Crippen LogP contribution is 2.53. The van der Waals surface area contributed by atoms with E-state index >= 15 is 0 Å². The van der Waals surface area contributed by atoms with Gasteiger partial charge >= 0.3 is 17.2 Å². The lowest BCUT2D eigenvalue weighted by Gasteiger charge is -2.09. The first kappa shape index (κ1) is 15.0. The molecule has 4 rings (SSSR count). The Hall–Kier alpha value is -1.58. The number of fused-ring (bicyclic) bond motifs is 2. The van der Waals surface area contributed by atoms with E-state index in [-0.39, 0.29) is 0 Å². The van der Waals surface area contributed by atoms with E-state index in [4.69, 9.17) is 27.1 Å². The Balaban J connectivity index is 1.13. The number of hydrogen-bond donors (Lipinski definition) is 0. The summed E-state index contributed by atoms with van der Waals surface area (Å²) >= 11 is 0. The van der Waals surface area contributed by atoms with E-state index in [9.17, 15) is 0 Å². The van der Waals surface area contributed by atoms with Gasteiger partial charge in [0.25, 0.3) is 0 Å². The van der Waals surface area contributed by atoms with Crippen LogP contribution in [0.5, 0.6) is 23.0 Å². The Bertz CT molecular complexity index is 575. The Labute approximate surface area is 136 Å². The monoisotopic (exact) mass is 352 g/mol. The zero-order valence-corrected chi connectivity index (χ0v) is 13.9. The first-order chi connectivity index (χ1) is 11.4. The SMILES string of the molecule is c1ccc2c(c1)OP(OCCCOP1Oc3ccccc3O1)O2. The van der Waals surface area contributed by atoms with Gasteiger partial charge in [-0.2, -0.15) is 0 Å². The van der Waals surface area contributed by atoms with Gasteiger partial charge in [-0.25, -0.2) is 0 Å². The fourth-order valence-corrected chi connectivity index (χ4v) is 4.09. The maximum Gasteiger partial charge on any atom is 0.463 e. The third-order valence-corrected chi connectivity index (χ3v) is 5.24. The molecule has 0 saturated heterocycles. The number of rotatable bonds is 6. The van der Waals surface area contributed by atoms with Crippen molar-refractivity contribution in [3.63, 3.8) is 0 Å². The topological polar surface area (TPSA) is 55.4 Å². The molecule has 0 fully saturated rings. The molecular weight excluding hydrogens is 338 g/mol. The van der Waals surface area contributed by atoms with Gasteiger partial charge in [0.05, 0.1) is 13.2 Å². The molecule has 120 valence electrons. The second-order valence-electron chi connectivity index (χ2n) is 4.73. The Morgan fingerprint density at radius 3 is 1.30 bits per heavy atom. The average Bonchev–Trinajstić information content (AvgIpc) is 3.17. The summed E-state index contributed by atoms with van der Waals surface area (Å²) in [6.07, 6.45) is 0.698. The summed E-state index contributed by atoms with van der Waals surface area (Å²) < 4.78 is 33.4. The van der Waals surface area contributed by atoms with Crippen molar-refractivity contribution in [2.24, 2.45) is 0 Å². The minimum atomic E-state index is -1.35. The van der Waals surface area contributed by atoms with Gasteiger partial charge in [-0.1, -0.05) is 24.3 Å². The van der Waals surface area contributed by atoms with Crippen molar-refractivity contribution < 1.29 is 27.1 Å². The molecule has 0 aliphatic carbocycles. The van der Waals surface area contributed by atoms with Gasteiger partial charge in [-0.05, 0) is 30.7 Å². The summed E-state index contributed by atoms with van der Waals surface area (Å²) in [6.45, 7) is 0.964. The van der Waals surface area contributed by atoms with Crippen molar-refractivity contribution >= 4 is 17.2 Å². The molecule has 0 bridgehead atoms. The van der Waals surface area contributed by atoms with E-state index in [1.54, 1.807) is 0 Å². The van der Waals surface area contributed by atoms with Crippen molar-refractivity contribution in [1.29, 1.82) is 0 Å². The summed E-state index contributed by atoms with van der Waals surface area (Å²) in [7, 11) is -2.70. The van der Waals surface area contributed by atoms with Crippen LogP contribution in [0.4, 0.5) is 0 Å². The normalized spacial score (nSPS) is 16.0. The average molecular weight is 352 g/mol. The van der Waals surface area contributed by atoms with Crippen molar-refractivity contribution in [3.05, 3.63) is 48.5 Å². The molecule has 8 heteroatoms. The van der Waals surface area contributed by atoms with Crippen LogP contribution in [0, 0.1) is 0 Å². The van der Waals surface area contributed by atoms with Gasteiger partial charge in [0.15, 0.2) is 23.0 Å². The molecular formula is C15H14O6P2. The van der Waals surface area contributed by atoms with Crippen molar-refractivity contribution in [3.8, 4) is 23.0 Å². The maximum atomic E-state index is 5.58. The van der Waals surface area contributed by atoms with Crippen LogP contribution < -0.4 is 18.1 Å². The van der Waals surface area contributed by atoms with Crippen LogP contribution in [0.15, 0.2) is 48.5 Å². The largest absolute Gasteiger partial charge is 0.463 e. The summed E-state index contributed by atoms with van der Waals surface area (Å²) in [6, 6.07) is 15.0. The third kappa shape index (κ3) is 3.51. The molecule has 2 aromatic rings. The van der Waals surface area contributed by atoms with Crippen molar-refractivity contribution in [2.75, 3.05) is 13.2 Å². The van der Waals surface area contributed by atoms with Crippen molar-refractivity contribution in [2.45, 2.75) is 6.42 Å². The molecule has 2 aliphatic heterocycles. The molecule has 2 heterocycles. The van der Waals surface area contributed by atoms with Crippen molar-refractivity contribution in [1.82, 2.24) is 0 Å². The number of benzene rings is 2. The summed E-state index contributed by atoms with van der Waals surface area (Å²) in [5.74, 6) is 2.90. The molecule has 0 radical (unpaired) electrons. The second-order valence-corrected chi connectivity index (χ2v) is 6.87. The molecule has 6 nitrogen and oxygen atoms in total. The van der Waals surface area contributed by atoms with Gasteiger partial charge in [0, 0.05) is 0 Å². The van der Waals surface area contributed by atoms with Crippen LogP contribution >= 0.6 is 17.2 Å². The van der Waals surface area contributed by atoms with Gasteiger partial charge in [-0.3, -0.25) is 9.05 Å². The lowest BCUT2D eigenvalue weighted by atomic mass is 10.3. The molecule has 0 unspecified atom stereocenters. The Kier molecular flexibility index (Phi) is 4.49. The van der Waals surface area contributed by atoms with Gasteiger partial charge < -0.3 is 18.1 Å². The summed E-state index contributed by atoms with van der Waals surface area (Å²) in [5.41, 5.74) is 0. The second kappa shape index (κ2) is 6.90. The maximum absolute atomic E-state index is 5.58. The molecule has 23 heavy (non-hydrogen) atoms. The third-order valence-electron chi connectivity index (χ3n) is 3.07. The van der Waals surface area contributed by atoms with E-state index in [1.807, 2.05) is 48.5 Å². The minimum absolute atomic E-state index is 0.482. The number of para-hydroxylation sites is 4. The molecule has 0 atom stereocenters. The van der Waals surface area contributed by atoms with Crippen LogP contribution in [0.1, 0.15) is 6.42 Å². The first-order valence-corrected chi connectivity index (χ1v) is 9.33. The zero-order valence-electron chi connectivity index (χ0n) is 12.1. The molecule has 0 saturated carbocycles. The molecule has 2 aromatic carbocycles. The predicted molar refractivity (Wildman–Crippen MR) is 85.8 cm³/mol. The van der Waals surface area contributed by atoms with Crippen LogP contribution in [0.25, 0.3) is 0 Å². The van der Waals surface area contributed by atoms with Gasteiger partial charge in [0.2, 0.25) is 0 Å². The molecule has 0 N–H and O–H groups in total. The van der Waals surface area contributed by atoms with E-state index in [0.717, 1.165) is 23.0 Å². The van der Waals surface area contributed by atoms with Crippen LogP contribution in [-0.4, -0.2) is 13.2 Å². The fourth-order valence-electron chi connectivity index (χ4n) is 2.00. The molecule has 2 aliphatic rings. The van der Waals surface area contributed by atoms with E-state index in [0.29, 0.717) is 19.6 Å². The lowest BCUT2D eigenvalue weighted by Crippen LogP contribution is -2.00. The first-order valence-electron chi connectivity index (χ1n) is 7.14.